The van der Waals surface area contributed by atoms with E-state index in [9.17, 15) is 13.2 Å². The minimum absolute atomic E-state index is 0.0283. The van der Waals surface area contributed by atoms with Gasteiger partial charge in [-0.05, 0) is 61.4 Å². The van der Waals surface area contributed by atoms with Crippen LogP contribution < -0.4 is 10.0 Å². The van der Waals surface area contributed by atoms with Crippen LogP contribution in [-0.2, 0) is 20.6 Å². The highest BCUT2D eigenvalue weighted by Gasteiger charge is 2.16. The third-order valence-corrected chi connectivity index (χ3v) is 7.23. The van der Waals surface area contributed by atoms with Crippen molar-refractivity contribution >= 4 is 33.4 Å². The fourth-order valence-electron chi connectivity index (χ4n) is 2.99. The number of pyridine rings is 1. The number of hydrogen-bond donors (Lipinski definition) is 2. The van der Waals surface area contributed by atoms with Crippen LogP contribution >= 0.6 is 11.8 Å². The standard InChI is InChI=1S/C23H25N3O3S2/c1-17-5-10-22(18(2)14-17)31(28,29)25-13-11-23(27)26-20-6-8-21(9-7-20)30-16-19-4-3-12-24-15-19/h3-10,12,14-15,25H,11,13,16H2,1-2H3,(H,26,27). The number of carbonyl (C=O) groups is 1. The van der Waals surface area contributed by atoms with Gasteiger partial charge < -0.3 is 5.32 Å². The summed E-state index contributed by atoms with van der Waals surface area (Å²) in [6, 6.07) is 16.7. The lowest BCUT2D eigenvalue weighted by molar-refractivity contribution is -0.116. The molecule has 0 saturated carbocycles. The zero-order chi connectivity index (χ0) is 22.3. The van der Waals surface area contributed by atoms with E-state index in [1.807, 2.05) is 55.6 Å². The molecule has 0 radical (unpaired) electrons. The van der Waals surface area contributed by atoms with Gasteiger partial charge in [0.25, 0.3) is 0 Å². The van der Waals surface area contributed by atoms with Gasteiger partial charge in [-0.1, -0.05) is 23.8 Å². The van der Waals surface area contributed by atoms with E-state index in [4.69, 9.17) is 0 Å². The second-order valence-corrected chi connectivity index (χ2v) is 9.92. The lowest BCUT2D eigenvalue weighted by Crippen LogP contribution is -2.28. The molecule has 3 rings (SSSR count). The van der Waals surface area contributed by atoms with Crippen molar-refractivity contribution in [2.45, 2.75) is 35.8 Å². The normalized spacial score (nSPS) is 11.3. The number of nitrogens with one attached hydrogen (secondary N) is 2. The first-order valence-corrected chi connectivity index (χ1v) is 12.3. The van der Waals surface area contributed by atoms with E-state index in [0.29, 0.717) is 11.3 Å². The van der Waals surface area contributed by atoms with Crippen molar-refractivity contribution < 1.29 is 13.2 Å². The fraction of sp³-hybridized carbons (Fsp3) is 0.217. The maximum absolute atomic E-state index is 12.5. The molecule has 3 aromatic rings. The molecule has 0 saturated heterocycles. The van der Waals surface area contributed by atoms with Crippen LogP contribution in [0, 0.1) is 13.8 Å². The molecule has 0 spiro atoms. The molecule has 0 atom stereocenters. The third kappa shape index (κ3) is 6.92. The highest BCUT2D eigenvalue weighted by atomic mass is 32.2. The van der Waals surface area contributed by atoms with Gasteiger partial charge in [-0.25, -0.2) is 13.1 Å². The van der Waals surface area contributed by atoms with Crippen LogP contribution in [0.15, 0.2) is 76.8 Å². The van der Waals surface area contributed by atoms with E-state index in [1.54, 1.807) is 37.0 Å². The van der Waals surface area contributed by atoms with Gasteiger partial charge in [0.1, 0.15) is 0 Å². The smallest absolute Gasteiger partial charge is 0.240 e. The van der Waals surface area contributed by atoms with Gasteiger partial charge in [-0.3, -0.25) is 9.78 Å². The molecule has 6 nitrogen and oxygen atoms in total. The van der Waals surface area contributed by atoms with Crippen molar-refractivity contribution in [1.29, 1.82) is 0 Å². The molecule has 0 aliphatic heterocycles. The van der Waals surface area contributed by atoms with Gasteiger partial charge in [0.15, 0.2) is 0 Å². The second kappa shape index (κ2) is 10.6. The van der Waals surface area contributed by atoms with Gasteiger partial charge in [0.05, 0.1) is 4.90 Å². The number of aromatic nitrogens is 1. The Morgan fingerprint density at radius 1 is 1.06 bits per heavy atom. The number of benzene rings is 2. The molecule has 2 aromatic carbocycles. The van der Waals surface area contributed by atoms with Crippen LogP contribution in [0.3, 0.4) is 0 Å². The Labute approximate surface area is 187 Å². The van der Waals surface area contributed by atoms with E-state index < -0.39 is 10.0 Å². The van der Waals surface area contributed by atoms with Crippen molar-refractivity contribution in [3.8, 4) is 0 Å². The first kappa shape index (κ1) is 23.0. The molecular formula is C23H25N3O3S2. The van der Waals surface area contributed by atoms with Gasteiger partial charge in [-0.15, -0.1) is 11.8 Å². The molecule has 1 amide bonds. The van der Waals surface area contributed by atoms with Crippen LogP contribution in [0.1, 0.15) is 23.1 Å². The van der Waals surface area contributed by atoms with E-state index in [1.165, 1.54) is 0 Å². The van der Waals surface area contributed by atoms with Crippen molar-refractivity contribution in [3.63, 3.8) is 0 Å². The molecule has 1 heterocycles. The molecule has 2 N–H and O–H groups in total. The Kier molecular flexibility index (Phi) is 7.84. The molecule has 1 aromatic heterocycles. The molecule has 0 aliphatic rings. The van der Waals surface area contributed by atoms with E-state index >= 15 is 0 Å². The van der Waals surface area contributed by atoms with Crippen LogP contribution in [-0.4, -0.2) is 25.9 Å². The Balaban J connectivity index is 1.46. The topological polar surface area (TPSA) is 88.2 Å². The van der Waals surface area contributed by atoms with Gasteiger partial charge >= 0.3 is 0 Å². The minimum Gasteiger partial charge on any atom is -0.326 e. The first-order chi connectivity index (χ1) is 14.8. The largest absolute Gasteiger partial charge is 0.326 e. The molecule has 31 heavy (non-hydrogen) atoms. The summed E-state index contributed by atoms with van der Waals surface area (Å²) in [5, 5.41) is 2.79. The third-order valence-electron chi connectivity index (χ3n) is 4.53. The fourth-order valence-corrected chi connectivity index (χ4v) is 5.07. The molecule has 0 aliphatic carbocycles. The van der Waals surface area contributed by atoms with Crippen LogP contribution in [0.2, 0.25) is 0 Å². The Bertz CT molecular complexity index is 1130. The number of carbonyl (C=O) groups excluding carboxylic acids is 1. The highest BCUT2D eigenvalue weighted by molar-refractivity contribution is 7.98. The number of thioether (sulfide) groups is 1. The number of anilines is 1. The van der Waals surface area contributed by atoms with Gasteiger partial charge in [0.2, 0.25) is 15.9 Å². The van der Waals surface area contributed by atoms with Gasteiger partial charge in [-0.2, -0.15) is 0 Å². The Morgan fingerprint density at radius 3 is 2.52 bits per heavy atom. The number of hydrogen-bond acceptors (Lipinski definition) is 5. The summed E-state index contributed by atoms with van der Waals surface area (Å²) in [6.45, 7) is 3.70. The first-order valence-electron chi connectivity index (χ1n) is 9.82. The summed E-state index contributed by atoms with van der Waals surface area (Å²) in [7, 11) is -3.65. The monoisotopic (exact) mass is 455 g/mol. The van der Waals surface area contributed by atoms with Crippen LogP contribution in [0.4, 0.5) is 5.69 Å². The predicted octanol–water partition coefficient (Wildman–Crippen LogP) is 4.30. The summed E-state index contributed by atoms with van der Waals surface area (Å²) in [5.74, 6) is 0.569. The minimum atomic E-state index is -3.65. The molecule has 0 bridgehead atoms. The number of nitrogens with zero attached hydrogens (tertiary/aromatic N) is 1. The summed E-state index contributed by atoms with van der Waals surface area (Å²) < 4.78 is 27.4. The SMILES string of the molecule is Cc1ccc(S(=O)(=O)NCCC(=O)Nc2ccc(SCc3cccnc3)cc2)c(C)c1. The lowest BCUT2D eigenvalue weighted by atomic mass is 10.2. The summed E-state index contributed by atoms with van der Waals surface area (Å²) in [5.41, 5.74) is 3.50. The lowest BCUT2D eigenvalue weighted by Gasteiger charge is -2.10. The molecule has 8 heteroatoms. The Morgan fingerprint density at radius 2 is 1.84 bits per heavy atom. The van der Waals surface area contributed by atoms with E-state index in [-0.39, 0.29) is 23.8 Å². The average molecular weight is 456 g/mol. The summed E-state index contributed by atoms with van der Waals surface area (Å²) >= 11 is 1.69. The van der Waals surface area contributed by atoms with Crippen molar-refractivity contribution in [3.05, 3.63) is 83.7 Å². The number of aryl methyl sites for hydroxylation is 2. The van der Waals surface area contributed by atoms with E-state index in [2.05, 4.69) is 15.0 Å². The molecule has 162 valence electrons. The molecule has 0 fully saturated rings. The molecule has 0 unspecified atom stereocenters. The van der Waals surface area contributed by atoms with Crippen molar-refractivity contribution in [2.24, 2.45) is 0 Å². The van der Waals surface area contributed by atoms with Crippen LogP contribution in [0.25, 0.3) is 0 Å². The van der Waals surface area contributed by atoms with E-state index in [0.717, 1.165) is 21.8 Å². The zero-order valence-corrected chi connectivity index (χ0v) is 19.1. The van der Waals surface area contributed by atoms with Crippen molar-refractivity contribution in [2.75, 3.05) is 11.9 Å². The van der Waals surface area contributed by atoms with Crippen LogP contribution in [0.5, 0.6) is 0 Å². The molecular weight excluding hydrogens is 430 g/mol. The Hall–Kier alpha value is -2.68. The second-order valence-electron chi connectivity index (χ2n) is 7.14. The zero-order valence-electron chi connectivity index (χ0n) is 17.5. The summed E-state index contributed by atoms with van der Waals surface area (Å²) in [6.07, 6.45) is 3.64. The average Bonchev–Trinajstić information content (AvgIpc) is 2.73. The number of amides is 1. The summed E-state index contributed by atoms with van der Waals surface area (Å²) in [4.78, 5) is 17.6. The van der Waals surface area contributed by atoms with Crippen molar-refractivity contribution in [1.82, 2.24) is 9.71 Å². The maximum Gasteiger partial charge on any atom is 0.240 e. The van der Waals surface area contributed by atoms with Gasteiger partial charge in [0, 0.05) is 41.7 Å². The predicted molar refractivity (Wildman–Crippen MR) is 125 cm³/mol. The highest BCUT2D eigenvalue weighted by Crippen LogP contribution is 2.24. The number of rotatable bonds is 9. The maximum atomic E-state index is 12.5. The quantitative estimate of drug-likeness (QED) is 0.470. The number of sulfonamides is 1.